The highest BCUT2D eigenvalue weighted by molar-refractivity contribution is 6.11. The summed E-state index contributed by atoms with van der Waals surface area (Å²) in [6.07, 6.45) is 0. The quantitative estimate of drug-likeness (QED) is 0.164. The predicted octanol–water partition coefficient (Wildman–Crippen LogP) is 15.2. The van der Waals surface area contributed by atoms with Gasteiger partial charge in [0, 0.05) is 33.3 Å². The van der Waals surface area contributed by atoms with E-state index in [4.69, 9.17) is 4.42 Å². The lowest BCUT2D eigenvalue weighted by Gasteiger charge is -2.28. The highest BCUT2D eigenvalue weighted by Crippen LogP contribution is 2.45. The first-order valence-corrected chi connectivity index (χ1v) is 18.8. The molecule has 0 unspecified atom stereocenters. The fourth-order valence-corrected chi connectivity index (χ4v) is 8.13. The molecule has 0 aliphatic heterocycles. The Kier molecular flexibility index (Phi) is 8.08. The van der Waals surface area contributed by atoms with E-state index in [0.29, 0.717) is 0 Å². The summed E-state index contributed by atoms with van der Waals surface area (Å²) in [6.45, 7) is 2.19. The van der Waals surface area contributed by atoms with Crippen molar-refractivity contribution in [1.29, 1.82) is 0 Å². The standard InChI is InChI=1S/C53H37NO/c1-36-12-9-15-42-16-10-19-45(52(36)42)41-26-24-38(25-27-41)40-30-34-44(35-31-40)54(43-32-28-39(29-33-43)37-13-3-2-4-14-37)50-22-7-5-17-46(50)48-20-11-21-49-47-18-6-8-23-51(47)55-53(48)49/h2-35H,1H3. The summed E-state index contributed by atoms with van der Waals surface area (Å²) in [7, 11) is 0. The summed E-state index contributed by atoms with van der Waals surface area (Å²) in [6, 6.07) is 73.9. The smallest absolute Gasteiger partial charge is 0.143 e. The second kappa shape index (κ2) is 13.7. The maximum atomic E-state index is 6.56. The van der Waals surface area contributed by atoms with Gasteiger partial charge in [-0.3, -0.25) is 0 Å². The van der Waals surface area contributed by atoms with E-state index in [0.717, 1.165) is 50.1 Å². The van der Waals surface area contributed by atoms with Gasteiger partial charge in [-0.15, -0.1) is 0 Å². The van der Waals surface area contributed by atoms with Gasteiger partial charge in [0.1, 0.15) is 11.2 Å². The molecule has 10 rings (SSSR count). The Balaban J connectivity index is 1.06. The lowest BCUT2D eigenvalue weighted by atomic mass is 9.94. The number of furan rings is 1. The summed E-state index contributed by atoms with van der Waals surface area (Å²) in [4.78, 5) is 2.36. The Labute approximate surface area is 321 Å². The summed E-state index contributed by atoms with van der Waals surface area (Å²) in [5, 5.41) is 4.83. The zero-order valence-corrected chi connectivity index (χ0v) is 30.5. The van der Waals surface area contributed by atoms with E-state index in [1.54, 1.807) is 0 Å². The SMILES string of the molecule is Cc1cccc2cccc(-c3ccc(-c4ccc(N(c5ccc(-c6ccccc6)cc5)c5ccccc5-c5cccc6c5oc5ccccc56)cc4)cc3)c12. The Morgan fingerprint density at radius 2 is 0.873 bits per heavy atom. The third-order valence-electron chi connectivity index (χ3n) is 10.8. The fraction of sp³-hybridized carbons (Fsp3) is 0.0189. The van der Waals surface area contributed by atoms with Crippen molar-refractivity contribution in [2.75, 3.05) is 4.90 Å². The lowest BCUT2D eigenvalue weighted by Crippen LogP contribution is -2.11. The molecule has 0 saturated heterocycles. The van der Waals surface area contributed by atoms with Crippen molar-refractivity contribution in [2.45, 2.75) is 6.92 Å². The minimum atomic E-state index is 0.895. The number of benzene rings is 9. The van der Waals surface area contributed by atoms with Crippen molar-refractivity contribution in [2.24, 2.45) is 0 Å². The molecule has 0 aliphatic rings. The molecule has 1 aromatic heterocycles. The maximum Gasteiger partial charge on any atom is 0.143 e. The average Bonchev–Trinajstić information content (AvgIpc) is 3.64. The number of nitrogens with zero attached hydrogens (tertiary/aromatic N) is 1. The third kappa shape index (κ3) is 5.85. The number of hydrogen-bond acceptors (Lipinski definition) is 2. The molecule has 0 spiro atoms. The van der Waals surface area contributed by atoms with Gasteiger partial charge in [0.15, 0.2) is 0 Å². The Hall–Kier alpha value is -7.16. The lowest BCUT2D eigenvalue weighted by molar-refractivity contribution is 0.670. The maximum absolute atomic E-state index is 6.56. The molecular formula is C53H37NO. The van der Waals surface area contributed by atoms with Crippen LogP contribution in [0.4, 0.5) is 17.1 Å². The highest BCUT2D eigenvalue weighted by atomic mass is 16.3. The number of para-hydroxylation sites is 3. The Morgan fingerprint density at radius 3 is 1.60 bits per heavy atom. The first kappa shape index (κ1) is 32.5. The number of rotatable bonds is 7. The van der Waals surface area contributed by atoms with Gasteiger partial charge in [-0.1, -0.05) is 170 Å². The summed E-state index contributed by atoms with van der Waals surface area (Å²) in [5.74, 6) is 0. The molecular weight excluding hydrogens is 667 g/mol. The topological polar surface area (TPSA) is 16.4 Å². The van der Waals surface area contributed by atoms with Gasteiger partial charge < -0.3 is 9.32 Å². The van der Waals surface area contributed by atoms with Gasteiger partial charge in [-0.2, -0.15) is 0 Å². The van der Waals surface area contributed by atoms with Gasteiger partial charge >= 0.3 is 0 Å². The molecule has 260 valence electrons. The van der Waals surface area contributed by atoms with Gasteiger partial charge in [0.05, 0.1) is 5.69 Å². The van der Waals surface area contributed by atoms with Crippen molar-refractivity contribution in [3.8, 4) is 44.5 Å². The van der Waals surface area contributed by atoms with Crippen molar-refractivity contribution in [3.63, 3.8) is 0 Å². The molecule has 2 heteroatoms. The molecule has 55 heavy (non-hydrogen) atoms. The number of anilines is 3. The predicted molar refractivity (Wildman–Crippen MR) is 232 cm³/mol. The molecule has 0 radical (unpaired) electrons. The Morgan fingerprint density at radius 1 is 0.364 bits per heavy atom. The van der Waals surface area contributed by atoms with Crippen molar-refractivity contribution >= 4 is 49.8 Å². The molecule has 0 bridgehead atoms. The number of fused-ring (bicyclic) bond motifs is 4. The zero-order valence-electron chi connectivity index (χ0n) is 30.5. The summed E-state index contributed by atoms with van der Waals surface area (Å²) >= 11 is 0. The Bertz CT molecular complexity index is 2950. The molecule has 0 aliphatic carbocycles. The second-order valence-electron chi connectivity index (χ2n) is 14.1. The molecule has 0 fully saturated rings. The average molecular weight is 704 g/mol. The molecule has 0 atom stereocenters. The zero-order chi connectivity index (χ0) is 36.7. The highest BCUT2D eigenvalue weighted by Gasteiger charge is 2.20. The van der Waals surface area contributed by atoms with Crippen LogP contribution in [0.15, 0.2) is 211 Å². The van der Waals surface area contributed by atoms with Crippen LogP contribution in [0.25, 0.3) is 77.2 Å². The van der Waals surface area contributed by atoms with Crippen LogP contribution in [-0.4, -0.2) is 0 Å². The first-order valence-electron chi connectivity index (χ1n) is 18.8. The van der Waals surface area contributed by atoms with E-state index in [1.165, 1.54) is 49.7 Å². The first-order chi connectivity index (χ1) is 27.2. The van der Waals surface area contributed by atoms with Crippen molar-refractivity contribution in [1.82, 2.24) is 0 Å². The van der Waals surface area contributed by atoms with Crippen molar-refractivity contribution in [3.05, 3.63) is 212 Å². The van der Waals surface area contributed by atoms with Crippen LogP contribution in [0.5, 0.6) is 0 Å². The van der Waals surface area contributed by atoms with Gasteiger partial charge in [-0.25, -0.2) is 0 Å². The molecule has 0 saturated carbocycles. The molecule has 9 aromatic carbocycles. The largest absolute Gasteiger partial charge is 0.455 e. The van der Waals surface area contributed by atoms with Gasteiger partial charge in [0.25, 0.3) is 0 Å². The molecule has 0 amide bonds. The second-order valence-corrected chi connectivity index (χ2v) is 14.1. The number of hydrogen-bond donors (Lipinski definition) is 0. The molecule has 2 nitrogen and oxygen atoms in total. The fourth-order valence-electron chi connectivity index (χ4n) is 8.13. The monoisotopic (exact) mass is 703 g/mol. The van der Waals surface area contributed by atoms with Crippen LogP contribution < -0.4 is 4.90 Å². The van der Waals surface area contributed by atoms with E-state index < -0.39 is 0 Å². The van der Waals surface area contributed by atoms with E-state index >= 15 is 0 Å². The van der Waals surface area contributed by atoms with Crippen LogP contribution in [0, 0.1) is 6.92 Å². The van der Waals surface area contributed by atoms with Crippen LogP contribution in [0.3, 0.4) is 0 Å². The summed E-state index contributed by atoms with van der Waals surface area (Å²) < 4.78 is 6.56. The normalized spacial score (nSPS) is 11.4. The van der Waals surface area contributed by atoms with E-state index in [2.05, 4.69) is 206 Å². The molecule has 0 N–H and O–H groups in total. The van der Waals surface area contributed by atoms with Crippen LogP contribution in [-0.2, 0) is 0 Å². The third-order valence-corrected chi connectivity index (χ3v) is 10.8. The van der Waals surface area contributed by atoms with Gasteiger partial charge in [0.2, 0.25) is 0 Å². The van der Waals surface area contributed by atoms with Crippen molar-refractivity contribution < 1.29 is 4.42 Å². The molecule has 1 heterocycles. The molecule has 10 aromatic rings. The minimum absolute atomic E-state index is 0.895. The van der Waals surface area contributed by atoms with Crippen LogP contribution >= 0.6 is 0 Å². The van der Waals surface area contributed by atoms with E-state index in [-0.39, 0.29) is 0 Å². The number of aryl methyl sites for hydroxylation is 1. The van der Waals surface area contributed by atoms with E-state index in [9.17, 15) is 0 Å². The van der Waals surface area contributed by atoms with Crippen LogP contribution in [0.2, 0.25) is 0 Å². The van der Waals surface area contributed by atoms with Crippen LogP contribution in [0.1, 0.15) is 5.56 Å². The minimum Gasteiger partial charge on any atom is -0.455 e. The summed E-state index contributed by atoms with van der Waals surface area (Å²) in [5.41, 5.74) is 15.7. The van der Waals surface area contributed by atoms with Gasteiger partial charge in [-0.05, 0) is 93.0 Å². The van der Waals surface area contributed by atoms with E-state index in [1.807, 2.05) is 12.1 Å².